The van der Waals surface area contributed by atoms with E-state index >= 15 is 0 Å². The summed E-state index contributed by atoms with van der Waals surface area (Å²) in [5.41, 5.74) is 0.411. The predicted octanol–water partition coefficient (Wildman–Crippen LogP) is 2.86. The summed E-state index contributed by atoms with van der Waals surface area (Å²) in [5.74, 6) is 0.657. The third-order valence-corrected chi connectivity index (χ3v) is 2.29. The molecule has 0 spiro atoms. The van der Waals surface area contributed by atoms with Gasteiger partial charge in [-0.2, -0.15) is 0 Å². The molecule has 2 atom stereocenters. The summed E-state index contributed by atoms with van der Waals surface area (Å²) >= 11 is 0. The van der Waals surface area contributed by atoms with Crippen LogP contribution in [0.5, 0.6) is 0 Å². The predicted molar refractivity (Wildman–Crippen MR) is 71.2 cm³/mol. The minimum absolute atomic E-state index is 0.331. The Balaban J connectivity index is 0.000000289. The molecule has 2 fully saturated rings. The van der Waals surface area contributed by atoms with Gasteiger partial charge in [0, 0.05) is 6.61 Å². The van der Waals surface area contributed by atoms with Crippen LogP contribution in [0, 0.1) is 11.3 Å². The molecular formula is C14H30O3. The molecule has 2 aliphatic heterocycles. The van der Waals surface area contributed by atoms with Crippen LogP contribution in [-0.2, 0) is 9.47 Å². The molecule has 3 nitrogen and oxygen atoms in total. The third-order valence-electron chi connectivity index (χ3n) is 2.29. The fraction of sp³-hybridized carbons (Fsp3) is 1.00. The van der Waals surface area contributed by atoms with Gasteiger partial charge in [-0.15, -0.1) is 0 Å². The highest BCUT2D eigenvalue weighted by atomic mass is 16.6. The van der Waals surface area contributed by atoms with Crippen LogP contribution in [-0.4, -0.2) is 37.6 Å². The van der Waals surface area contributed by atoms with Crippen LogP contribution in [0.2, 0.25) is 0 Å². The Bertz CT molecular complexity index is 166. The minimum atomic E-state index is 0.331. The lowest BCUT2D eigenvalue weighted by Crippen LogP contribution is -2.11. The Morgan fingerprint density at radius 3 is 1.88 bits per heavy atom. The SMILES string of the molecule is C1CO1.CC(CCO)CC(C)(C)C.CC1CO1. The van der Waals surface area contributed by atoms with Crippen molar-refractivity contribution < 1.29 is 14.6 Å². The molecule has 3 heteroatoms. The number of ether oxygens (including phenoxy) is 2. The van der Waals surface area contributed by atoms with Crippen molar-refractivity contribution in [3.05, 3.63) is 0 Å². The van der Waals surface area contributed by atoms with Crippen molar-refractivity contribution in [1.29, 1.82) is 0 Å². The first kappa shape index (κ1) is 16.9. The summed E-state index contributed by atoms with van der Waals surface area (Å²) in [7, 11) is 0. The quantitative estimate of drug-likeness (QED) is 0.779. The van der Waals surface area contributed by atoms with E-state index < -0.39 is 0 Å². The van der Waals surface area contributed by atoms with Gasteiger partial charge in [0.15, 0.2) is 0 Å². The molecule has 104 valence electrons. The van der Waals surface area contributed by atoms with Crippen LogP contribution >= 0.6 is 0 Å². The molecule has 0 bridgehead atoms. The number of aliphatic hydroxyl groups is 1. The highest BCUT2D eigenvalue weighted by molar-refractivity contribution is 4.65. The lowest BCUT2D eigenvalue weighted by molar-refractivity contribution is 0.227. The molecule has 2 aliphatic rings. The first-order chi connectivity index (χ1) is 7.85. The highest BCUT2D eigenvalue weighted by Crippen LogP contribution is 2.25. The summed E-state index contributed by atoms with van der Waals surface area (Å²) < 4.78 is 9.21. The van der Waals surface area contributed by atoms with Gasteiger partial charge in [-0.3, -0.25) is 0 Å². The average molecular weight is 246 g/mol. The summed E-state index contributed by atoms with van der Waals surface area (Å²) in [4.78, 5) is 0. The molecule has 0 aliphatic carbocycles. The largest absolute Gasteiger partial charge is 0.396 e. The number of epoxide rings is 2. The van der Waals surface area contributed by atoms with Gasteiger partial charge in [0.1, 0.15) is 0 Å². The maximum atomic E-state index is 8.63. The van der Waals surface area contributed by atoms with Crippen molar-refractivity contribution in [2.45, 2.75) is 53.6 Å². The van der Waals surface area contributed by atoms with E-state index in [0.29, 0.717) is 24.0 Å². The Kier molecular flexibility index (Phi) is 8.83. The van der Waals surface area contributed by atoms with Crippen molar-refractivity contribution in [1.82, 2.24) is 0 Å². The van der Waals surface area contributed by atoms with E-state index in [1.165, 1.54) is 6.42 Å². The number of aliphatic hydroxyl groups excluding tert-OH is 1. The van der Waals surface area contributed by atoms with E-state index in [0.717, 1.165) is 26.2 Å². The van der Waals surface area contributed by atoms with Crippen molar-refractivity contribution in [2.24, 2.45) is 11.3 Å². The van der Waals surface area contributed by atoms with Crippen molar-refractivity contribution in [2.75, 3.05) is 26.4 Å². The average Bonchev–Trinajstić information content (AvgIpc) is 2.98. The number of rotatable bonds is 3. The molecule has 1 N–H and O–H groups in total. The van der Waals surface area contributed by atoms with E-state index in [4.69, 9.17) is 9.84 Å². The Morgan fingerprint density at radius 2 is 1.71 bits per heavy atom. The van der Waals surface area contributed by atoms with Crippen molar-refractivity contribution >= 4 is 0 Å². The second kappa shape index (κ2) is 8.90. The van der Waals surface area contributed by atoms with Crippen LogP contribution in [0.15, 0.2) is 0 Å². The van der Waals surface area contributed by atoms with E-state index in [1.54, 1.807) is 0 Å². The normalized spacial score (nSPS) is 22.6. The maximum absolute atomic E-state index is 8.63. The van der Waals surface area contributed by atoms with Gasteiger partial charge in [-0.05, 0) is 31.1 Å². The van der Waals surface area contributed by atoms with Crippen LogP contribution < -0.4 is 0 Å². The summed E-state index contributed by atoms with van der Waals surface area (Å²) in [5, 5.41) is 8.63. The number of hydrogen-bond donors (Lipinski definition) is 1. The fourth-order valence-electron chi connectivity index (χ4n) is 1.46. The number of hydrogen-bond acceptors (Lipinski definition) is 3. The van der Waals surface area contributed by atoms with Gasteiger partial charge in [-0.1, -0.05) is 27.7 Å². The molecule has 17 heavy (non-hydrogen) atoms. The molecule has 2 unspecified atom stereocenters. The Labute approximate surface area is 107 Å². The first-order valence-electron chi connectivity index (χ1n) is 6.65. The standard InChI is InChI=1S/C9H20O.C3H6O.C2H4O/c1-8(5-6-10)7-9(2,3)4;1-3-2-4-3;1-2-3-1/h8,10H,5-7H2,1-4H3;3H,2H2,1H3;1-2H2. The molecular weight excluding hydrogens is 216 g/mol. The zero-order valence-electron chi connectivity index (χ0n) is 12.2. The van der Waals surface area contributed by atoms with E-state index in [9.17, 15) is 0 Å². The molecule has 0 radical (unpaired) electrons. The second-order valence-electron chi connectivity index (χ2n) is 6.14. The van der Waals surface area contributed by atoms with Crippen molar-refractivity contribution in [3.8, 4) is 0 Å². The summed E-state index contributed by atoms with van der Waals surface area (Å²) in [6.07, 6.45) is 2.73. The van der Waals surface area contributed by atoms with Gasteiger partial charge < -0.3 is 14.6 Å². The fourth-order valence-corrected chi connectivity index (χ4v) is 1.46. The molecule has 0 aromatic carbocycles. The topological polar surface area (TPSA) is 45.3 Å². The third kappa shape index (κ3) is 21.7. The molecule has 0 amide bonds. The lowest BCUT2D eigenvalue weighted by atomic mass is 9.84. The molecule has 0 aromatic heterocycles. The Hall–Kier alpha value is -0.120. The molecule has 2 rings (SSSR count). The van der Waals surface area contributed by atoms with Gasteiger partial charge in [0.2, 0.25) is 0 Å². The zero-order chi connectivity index (χ0) is 13.3. The van der Waals surface area contributed by atoms with Crippen LogP contribution in [0.1, 0.15) is 47.5 Å². The summed E-state index contributed by atoms with van der Waals surface area (Å²) in [6.45, 7) is 14.3. The monoisotopic (exact) mass is 246 g/mol. The highest BCUT2D eigenvalue weighted by Gasteiger charge is 2.14. The van der Waals surface area contributed by atoms with Crippen LogP contribution in [0.3, 0.4) is 0 Å². The van der Waals surface area contributed by atoms with E-state index in [1.807, 2.05) is 0 Å². The van der Waals surface area contributed by atoms with Gasteiger partial charge in [-0.25, -0.2) is 0 Å². The van der Waals surface area contributed by atoms with Crippen LogP contribution in [0.4, 0.5) is 0 Å². The molecule has 0 aromatic rings. The van der Waals surface area contributed by atoms with Gasteiger partial charge in [0.25, 0.3) is 0 Å². The summed E-state index contributed by atoms with van der Waals surface area (Å²) in [6, 6.07) is 0. The van der Waals surface area contributed by atoms with Crippen LogP contribution in [0.25, 0.3) is 0 Å². The smallest absolute Gasteiger partial charge is 0.0781 e. The maximum Gasteiger partial charge on any atom is 0.0781 e. The second-order valence-corrected chi connectivity index (χ2v) is 6.14. The van der Waals surface area contributed by atoms with Gasteiger partial charge >= 0.3 is 0 Å². The van der Waals surface area contributed by atoms with E-state index in [2.05, 4.69) is 39.4 Å². The molecule has 0 saturated carbocycles. The lowest BCUT2D eigenvalue weighted by Gasteiger charge is -2.22. The molecule has 2 heterocycles. The van der Waals surface area contributed by atoms with Gasteiger partial charge in [0.05, 0.1) is 25.9 Å². The minimum Gasteiger partial charge on any atom is -0.396 e. The van der Waals surface area contributed by atoms with Crippen molar-refractivity contribution in [3.63, 3.8) is 0 Å². The zero-order valence-corrected chi connectivity index (χ0v) is 12.2. The molecule has 2 saturated heterocycles. The first-order valence-corrected chi connectivity index (χ1v) is 6.65. The van der Waals surface area contributed by atoms with E-state index in [-0.39, 0.29) is 0 Å². The Morgan fingerprint density at radius 1 is 1.29 bits per heavy atom.